The number of fused-ring (bicyclic) bond motifs is 1. The van der Waals surface area contributed by atoms with E-state index >= 15 is 0 Å². The molecule has 0 radical (unpaired) electrons. The Balaban J connectivity index is 1.83. The second-order valence-corrected chi connectivity index (χ2v) is 6.39. The monoisotopic (exact) mass is 346 g/mol. The summed E-state index contributed by atoms with van der Waals surface area (Å²) in [6.07, 6.45) is 1.22. The molecule has 2 aromatic carbocycles. The lowest BCUT2D eigenvalue weighted by molar-refractivity contribution is 0.144. The van der Waals surface area contributed by atoms with Gasteiger partial charge in [0.1, 0.15) is 5.75 Å². The topological polar surface area (TPSA) is 29.5 Å². The summed E-state index contributed by atoms with van der Waals surface area (Å²) >= 11 is 3.59. The summed E-state index contributed by atoms with van der Waals surface area (Å²) in [5.74, 6) is 1.31. The fraction of sp³-hybridized carbons (Fsp3) is 0.333. The van der Waals surface area contributed by atoms with Gasteiger partial charge in [0.15, 0.2) is 0 Å². The molecule has 1 aliphatic rings. The van der Waals surface area contributed by atoms with Crippen LogP contribution < -0.4 is 4.74 Å². The first-order valence-corrected chi connectivity index (χ1v) is 8.11. The average molecular weight is 347 g/mol. The Kier molecular flexibility index (Phi) is 4.32. The minimum absolute atomic E-state index is 0.345. The molecule has 0 amide bonds. The van der Waals surface area contributed by atoms with Crippen LogP contribution in [0.4, 0.5) is 0 Å². The second kappa shape index (κ2) is 6.20. The van der Waals surface area contributed by atoms with Gasteiger partial charge in [-0.2, -0.15) is 0 Å². The zero-order valence-electron chi connectivity index (χ0n) is 12.1. The molecule has 0 saturated heterocycles. The summed E-state index contributed by atoms with van der Waals surface area (Å²) in [4.78, 5) is 0. The first-order valence-electron chi connectivity index (χ1n) is 7.31. The van der Waals surface area contributed by atoms with Crippen molar-refractivity contribution in [3.63, 3.8) is 0 Å². The summed E-state index contributed by atoms with van der Waals surface area (Å²) < 4.78 is 6.70. The Labute approximate surface area is 133 Å². The van der Waals surface area contributed by atoms with Gasteiger partial charge in [-0.15, -0.1) is 0 Å². The Morgan fingerprint density at radius 1 is 1.24 bits per heavy atom. The number of aliphatic hydroxyl groups excluding tert-OH is 1. The second-order valence-electron chi connectivity index (χ2n) is 5.60. The third kappa shape index (κ3) is 2.99. The van der Waals surface area contributed by atoms with Gasteiger partial charge in [0.2, 0.25) is 0 Å². The summed E-state index contributed by atoms with van der Waals surface area (Å²) in [6, 6.07) is 14.2. The van der Waals surface area contributed by atoms with Crippen molar-refractivity contribution >= 4 is 15.9 Å². The standard InChI is InChI=1S/C18H19BrO2/c1-12-5-4-7-15(18(12)19)16(20)11-13-9-10-21-17-8-3-2-6-14(13)17/h2-8,13,16,20H,9-11H2,1H3. The van der Waals surface area contributed by atoms with Gasteiger partial charge >= 0.3 is 0 Å². The minimum Gasteiger partial charge on any atom is -0.493 e. The summed E-state index contributed by atoms with van der Waals surface area (Å²) in [6.45, 7) is 2.77. The van der Waals surface area contributed by atoms with E-state index in [1.807, 2.05) is 43.3 Å². The molecule has 110 valence electrons. The van der Waals surface area contributed by atoms with Crippen molar-refractivity contribution in [1.29, 1.82) is 0 Å². The molecule has 2 aromatic rings. The molecule has 1 aliphatic heterocycles. The van der Waals surface area contributed by atoms with Crippen molar-refractivity contribution in [1.82, 2.24) is 0 Å². The van der Waals surface area contributed by atoms with E-state index in [0.29, 0.717) is 5.92 Å². The number of benzene rings is 2. The normalized spacial score (nSPS) is 18.7. The minimum atomic E-state index is -0.463. The van der Waals surface area contributed by atoms with Crippen molar-refractivity contribution in [2.45, 2.75) is 31.8 Å². The maximum absolute atomic E-state index is 10.6. The molecule has 0 bridgehead atoms. The van der Waals surface area contributed by atoms with Crippen molar-refractivity contribution in [3.8, 4) is 5.75 Å². The number of hydrogen-bond acceptors (Lipinski definition) is 2. The molecule has 0 saturated carbocycles. The van der Waals surface area contributed by atoms with Crippen LogP contribution in [0.5, 0.6) is 5.75 Å². The molecular formula is C18H19BrO2. The quantitative estimate of drug-likeness (QED) is 0.868. The molecule has 0 aliphatic carbocycles. The smallest absolute Gasteiger partial charge is 0.122 e. The molecule has 3 heteroatoms. The van der Waals surface area contributed by atoms with Gasteiger partial charge in [-0.05, 0) is 48.4 Å². The number of aryl methyl sites for hydroxylation is 1. The maximum Gasteiger partial charge on any atom is 0.122 e. The van der Waals surface area contributed by atoms with E-state index in [1.165, 1.54) is 5.56 Å². The largest absolute Gasteiger partial charge is 0.493 e. The summed E-state index contributed by atoms with van der Waals surface area (Å²) in [5.41, 5.74) is 3.34. The molecule has 1 N–H and O–H groups in total. The van der Waals surface area contributed by atoms with E-state index in [-0.39, 0.29) is 0 Å². The third-order valence-electron chi connectivity index (χ3n) is 4.17. The molecule has 0 fully saturated rings. The highest BCUT2D eigenvalue weighted by atomic mass is 79.9. The van der Waals surface area contributed by atoms with Crippen molar-refractivity contribution in [2.75, 3.05) is 6.61 Å². The number of hydrogen-bond donors (Lipinski definition) is 1. The maximum atomic E-state index is 10.6. The van der Waals surface area contributed by atoms with Crippen LogP contribution >= 0.6 is 15.9 Å². The van der Waals surface area contributed by atoms with Gasteiger partial charge in [-0.3, -0.25) is 0 Å². The van der Waals surface area contributed by atoms with E-state index in [0.717, 1.165) is 40.8 Å². The van der Waals surface area contributed by atoms with E-state index in [9.17, 15) is 5.11 Å². The fourth-order valence-corrected chi connectivity index (χ4v) is 3.51. The fourth-order valence-electron chi connectivity index (χ4n) is 2.98. The van der Waals surface area contributed by atoms with Gasteiger partial charge in [0.05, 0.1) is 12.7 Å². The summed E-state index contributed by atoms with van der Waals surface area (Å²) in [5, 5.41) is 10.6. The Morgan fingerprint density at radius 3 is 2.90 bits per heavy atom. The first-order chi connectivity index (χ1) is 10.2. The van der Waals surface area contributed by atoms with Crippen LogP contribution in [0.1, 0.15) is 41.6 Å². The van der Waals surface area contributed by atoms with Crippen LogP contribution in [0.3, 0.4) is 0 Å². The molecule has 21 heavy (non-hydrogen) atoms. The van der Waals surface area contributed by atoms with Crippen molar-refractivity contribution in [3.05, 3.63) is 63.6 Å². The van der Waals surface area contributed by atoms with Crippen LogP contribution in [0.25, 0.3) is 0 Å². The van der Waals surface area contributed by atoms with Crippen LogP contribution in [0, 0.1) is 6.92 Å². The number of aliphatic hydroxyl groups is 1. The Morgan fingerprint density at radius 2 is 2.05 bits per heavy atom. The molecular weight excluding hydrogens is 328 g/mol. The third-order valence-corrected chi connectivity index (χ3v) is 5.25. The number of halogens is 1. The van der Waals surface area contributed by atoms with Crippen LogP contribution in [-0.2, 0) is 0 Å². The average Bonchev–Trinajstić information content (AvgIpc) is 2.50. The highest BCUT2D eigenvalue weighted by molar-refractivity contribution is 9.10. The van der Waals surface area contributed by atoms with Crippen LogP contribution in [0.2, 0.25) is 0 Å². The molecule has 2 atom stereocenters. The van der Waals surface area contributed by atoms with Gasteiger partial charge in [-0.1, -0.05) is 52.3 Å². The Bertz CT molecular complexity index is 639. The van der Waals surface area contributed by atoms with E-state index < -0.39 is 6.10 Å². The van der Waals surface area contributed by atoms with E-state index in [4.69, 9.17) is 4.74 Å². The van der Waals surface area contributed by atoms with Gasteiger partial charge in [0, 0.05) is 4.47 Å². The first kappa shape index (κ1) is 14.6. The lowest BCUT2D eigenvalue weighted by atomic mass is 9.86. The Hall–Kier alpha value is -1.32. The van der Waals surface area contributed by atoms with Crippen LogP contribution in [-0.4, -0.2) is 11.7 Å². The molecule has 0 aromatic heterocycles. The summed E-state index contributed by atoms with van der Waals surface area (Å²) in [7, 11) is 0. The predicted molar refractivity (Wildman–Crippen MR) is 87.8 cm³/mol. The number of para-hydroxylation sites is 1. The van der Waals surface area contributed by atoms with E-state index in [1.54, 1.807) is 0 Å². The number of ether oxygens (including phenoxy) is 1. The molecule has 1 heterocycles. The highest BCUT2D eigenvalue weighted by Crippen LogP contribution is 2.40. The van der Waals surface area contributed by atoms with E-state index in [2.05, 4.69) is 22.0 Å². The molecule has 2 unspecified atom stereocenters. The SMILES string of the molecule is Cc1cccc(C(O)CC2CCOc3ccccc32)c1Br. The van der Waals surface area contributed by atoms with Crippen LogP contribution in [0.15, 0.2) is 46.9 Å². The number of rotatable bonds is 3. The lowest BCUT2D eigenvalue weighted by Gasteiger charge is -2.28. The molecule has 2 nitrogen and oxygen atoms in total. The highest BCUT2D eigenvalue weighted by Gasteiger charge is 2.25. The molecule has 0 spiro atoms. The zero-order chi connectivity index (χ0) is 14.8. The zero-order valence-corrected chi connectivity index (χ0v) is 13.6. The van der Waals surface area contributed by atoms with Gasteiger partial charge in [-0.25, -0.2) is 0 Å². The molecule has 3 rings (SSSR count). The van der Waals surface area contributed by atoms with Crippen molar-refractivity contribution < 1.29 is 9.84 Å². The van der Waals surface area contributed by atoms with Gasteiger partial charge < -0.3 is 9.84 Å². The lowest BCUT2D eigenvalue weighted by Crippen LogP contribution is -2.16. The van der Waals surface area contributed by atoms with Gasteiger partial charge in [0.25, 0.3) is 0 Å². The van der Waals surface area contributed by atoms with Crippen molar-refractivity contribution in [2.24, 2.45) is 0 Å². The predicted octanol–water partition coefficient (Wildman–Crippen LogP) is 4.75.